The van der Waals surface area contributed by atoms with Crippen molar-refractivity contribution in [3.63, 3.8) is 0 Å². The molecular formula is C19H14Cl2N3NaO3. The van der Waals surface area contributed by atoms with Crippen LogP contribution in [0.15, 0.2) is 44.7 Å². The summed E-state index contributed by atoms with van der Waals surface area (Å²) < 4.78 is 1.09. The number of nitrogens with one attached hydrogen (secondary N) is 2. The molecule has 2 aromatic carbocycles. The molecule has 6 nitrogen and oxygen atoms in total. The fourth-order valence-corrected chi connectivity index (χ4v) is 3.84. The van der Waals surface area contributed by atoms with E-state index in [9.17, 15) is 14.4 Å². The van der Waals surface area contributed by atoms with Gasteiger partial charge in [-0.25, -0.2) is 4.68 Å². The average Bonchev–Trinajstić information content (AvgIpc) is 2.57. The van der Waals surface area contributed by atoms with Crippen LogP contribution in [0, 0.1) is 13.8 Å². The maximum absolute atomic E-state index is 13.1. The molecule has 28 heavy (non-hydrogen) atoms. The zero-order valence-electron chi connectivity index (χ0n) is 16.3. The Labute approximate surface area is 191 Å². The maximum Gasteiger partial charge on any atom is 1.00 e. The molecule has 0 aliphatic heterocycles. The number of hydrogen-bond donors (Lipinski definition) is 2. The minimum atomic E-state index is -0.634. The third-order valence-corrected chi connectivity index (χ3v) is 4.99. The van der Waals surface area contributed by atoms with E-state index < -0.39 is 16.5 Å². The Bertz CT molecular complexity index is 1440. The van der Waals surface area contributed by atoms with Gasteiger partial charge in [-0.05, 0) is 37.6 Å². The van der Waals surface area contributed by atoms with Gasteiger partial charge in [0.25, 0.3) is 11.1 Å². The molecule has 0 saturated heterocycles. The van der Waals surface area contributed by atoms with Gasteiger partial charge in [-0.1, -0.05) is 40.9 Å². The molecule has 0 aliphatic rings. The molecule has 2 N–H and O–H groups in total. The first kappa shape index (κ1) is 20.9. The minimum absolute atomic E-state index is 0. The molecule has 0 fully saturated rings. The van der Waals surface area contributed by atoms with Crippen molar-refractivity contribution in [2.24, 2.45) is 0 Å². The Hall–Kier alpha value is -1.83. The summed E-state index contributed by atoms with van der Waals surface area (Å²) in [7, 11) is 0. The van der Waals surface area contributed by atoms with E-state index in [4.69, 9.17) is 23.2 Å². The molecule has 4 rings (SSSR count). The molecule has 0 saturated carbocycles. The largest absolute Gasteiger partial charge is 1.00 e. The number of aryl methyl sites for hydroxylation is 2. The van der Waals surface area contributed by atoms with Crippen molar-refractivity contribution in [2.45, 2.75) is 13.8 Å². The minimum Gasteiger partial charge on any atom is -1.00 e. The van der Waals surface area contributed by atoms with Crippen LogP contribution in [0.25, 0.3) is 27.5 Å². The number of fused-ring (bicyclic) bond motifs is 2. The van der Waals surface area contributed by atoms with Crippen LogP contribution in [-0.2, 0) is 0 Å². The first-order chi connectivity index (χ1) is 12.8. The standard InChI is InChI=1S/C19H13Cl2N3O3.Na.H/c1-8-3-4-13(9(2)5-8)24-19(27)15-16(18(26)23-24)22-12-7-10(20)6-11(21)14(12)17(15)25;;/h3-7H,1-2H3,(H,22,25)(H,23,26);;/q;+1;-1. The molecule has 0 radical (unpaired) electrons. The van der Waals surface area contributed by atoms with E-state index in [1.54, 1.807) is 6.07 Å². The summed E-state index contributed by atoms with van der Waals surface area (Å²) in [5.41, 5.74) is 0.622. The van der Waals surface area contributed by atoms with E-state index in [1.807, 2.05) is 26.0 Å². The second-order valence-corrected chi connectivity index (χ2v) is 7.23. The molecule has 9 heteroatoms. The van der Waals surface area contributed by atoms with Crippen molar-refractivity contribution in [1.29, 1.82) is 0 Å². The number of aromatic nitrogens is 3. The predicted octanol–water partition coefficient (Wildman–Crippen LogP) is 0.561. The van der Waals surface area contributed by atoms with Crippen LogP contribution in [0.3, 0.4) is 0 Å². The van der Waals surface area contributed by atoms with E-state index in [0.29, 0.717) is 16.2 Å². The van der Waals surface area contributed by atoms with Gasteiger partial charge >= 0.3 is 29.6 Å². The number of pyridine rings is 1. The summed E-state index contributed by atoms with van der Waals surface area (Å²) in [6.07, 6.45) is 0. The van der Waals surface area contributed by atoms with Gasteiger partial charge in [-0.15, -0.1) is 0 Å². The van der Waals surface area contributed by atoms with Crippen molar-refractivity contribution in [2.75, 3.05) is 0 Å². The van der Waals surface area contributed by atoms with Crippen LogP contribution in [0.4, 0.5) is 0 Å². The molecule has 138 valence electrons. The van der Waals surface area contributed by atoms with E-state index in [2.05, 4.69) is 10.1 Å². The number of aromatic amines is 2. The molecule has 0 spiro atoms. The zero-order valence-corrected chi connectivity index (χ0v) is 18.8. The average molecular weight is 426 g/mol. The number of rotatable bonds is 1. The van der Waals surface area contributed by atoms with Gasteiger partial charge in [0.15, 0.2) is 0 Å². The molecule has 0 unspecified atom stereocenters. The van der Waals surface area contributed by atoms with Crippen LogP contribution in [-0.4, -0.2) is 14.8 Å². The Morgan fingerprint density at radius 3 is 2.39 bits per heavy atom. The second kappa shape index (κ2) is 7.54. The smallest absolute Gasteiger partial charge is 1.00 e. The molecule has 0 bridgehead atoms. The van der Waals surface area contributed by atoms with Crippen molar-refractivity contribution in [3.05, 3.63) is 82.4 Å². The molecular weight excluding hydrogens is 412 g/mol. The van der Waals surface area contributed by atoms with E-state index in [1.165, 1.54) is 12.1 Å². The van der Waals surface area contributed by atoms with Gasteiger partial charge < -0.3 is 6.41 Å². The summed E-state index contributed by atoms with van der Waals surface area (Å²) in [5.74, 6) is 0. The fraction of sp³-hybridized carbons (Fsp3) is 0.105. The Kier molecular flexibility index (Phi) is 5.62. The van der Waals surface area contributed by atoms with Crippen LogP contribution >= 0.6 is 23.2 Å². The number of H-pyrrole nitrogens is 2. The van der Waals surface area contributed by atoms with Crippen LogP contribution < -0.4 is 46.1 Å². The molecule has 0 atom stereocenters. The summed E-state index contributed by atoms with van der Waals surface area (Å²) in [5, 5.41) is 2.81. The molecule has 2 aromatic heterocycles. The van der Waals surface area contributed by atoms with Crippen molar-refractivity contribution in [1.82, 2.24) is 14.8 Å². The molecule has 0 amide bonds. The number of benzene rings is 2. The van der Waals surface area contributed by atoms with Crippen LogP contribution in [0.5, 0.6) is 0 Å². The van der Waals surface area contributed by atoms with Crippen molar-refractivity contribution >= 4 is 45.0 Å². The zero-order chi connectivity index (χ0) is 19.5. The third kappa shape index (κ3) is 3.25. The van der Waals surface area contributed by atoms with E-state index in [0.717, 1.165) is 15.8 Å². The third-order valence-electron chi connectivity index (χ3n) is 4.47. The SMILES string of the molecule is Cc1ccc(-n2[nH]c(=O)c3[nH]c4cc(Cl)cc(Cl)c4c(=O)c3c2=O)c(C)c1.[H-].[Na+]. The van der Waals surface area contributed by atoms with Gasteiger partial charge in [0, 0.05) is 5.02 Å². The van der Waals surface area contributed by atoms with Gasteiger partial charge in [0.05, 0.1) is 21.6 Å². The fourth-order valence-electron chi connectivity index (χ4n) is 3.26. The summed E-state index contributed by atoms with van der Waals surface area (Å²) in [4.78, 5) is 41.5. The van der Waals surface area contributed by atoms with Crippen LogP contribution in [0.1, 0.15) is 12.6 Å². The van der Waals surface area contributed by atoms with Gasteiger partial charge in [0.1, 0.15) is 10.9 Å². The number of nitrogens with zero attached hydrogens (tertiary/aromatic N) is 1. The summed E-state index contributed by atoms with van der Waals surface area (Å²) in [6.45, 7) is 3.74. The molecule has 2 heterocycles. The first-order valence-electron chi connectivity index (χ1n) is 8.05. The normalized spacial score (nSPS) is 11.0. The van der Waals surface area contributed by atoms with Gasteiger partial charge in [-0.3, -0.25) is 19.5 Å². The van der Waals surface area contributed by atoms with Crippen molar-refractivity contribution in [3.8, 4) is 5.69 Å². The number of hydrogen-bond acceptors (Lipinski definition) is 3. The van der Waals surface area contributed by atoms with Gasteiger partial charge in [-0.2, -0.15) is 0 Å². The number of halogens is 2. The molecule has 0 aliphatic carbocycles. The monoisotopic (exact) mass is 425 g/mol. The predicted molar refractivity (Wildman–Crippen MR) is 109 cm³/mol. The quantitative estimate of drug-likeness (QED) is 0.345. The second-order valence-electron chi connectivity index (χ2n) is 6.39. The first-order valence-corrected chi connectivity index (χ1v) is 8.81. The maximum atomic E-state index is 13.1. The topological polar surface area (TPSA) is 87.7 Å². The van der Waals surface area contributed by atoms with Crippen molar-refractivity contribution < 1.29 is 31.0 Å². The Morgan fingerprint density at radius 2 is 1.71 bits per heavy atom. The van der Waals surface area contributed by atoms with Gasteiger partial charge in [0.2, 0.25) is 5.43 Å². The Balaban J connectivity index is 0.00000150. The summed E-state index contributed by atoms with van der Waals surface area (Å²) in [6, 6.07) is 8.32. The van der Waals surface area contributed by atoms with E-state index >= 15 is 0 Å². The summed E-state index contributed by atoms with van der Waals surface area (Å²) >= 11 is 12.1. The van der Waals surface area contributed by atoms with Crippen LogP contribution in [0.2, 0.25) is 10.0 Å². The molecule has 4 aromatic rings. The Morgan fingerprint density at radius 1 is 1.00 bits per heavy atom. The van der Waals surface area contributed by atoms with E-state index in [-0.39, 0.29) is 52.3 Å².